The van der Waals surface area contributed by atoms with Gasteiger partial charge in [-0.1, -0.05) is 50.3 Å². The first kappa shape index (κ1) is 15.5. The van der Waals surface area contributed by atoms with Gasteiger partial charge in [-0.05, 0) is 76.9 Å². The summed E-state index contributed by atoms with van der Waals surface area (Å²) in [7, 11) is 0. The molecule has 23 heavy (non-hydrogen) atoms. The molecule has 0 atom stereocenters. The van der Waals surface area contributed by atoms with E-state index >= 15 is 0 Å². The Hall–Kier alpha value is -2.41. The molecule has 0 heterocycles. The minimum absolute atomic E-state index is 0.524. The van der Waals surface area contributed by atoms with E-state index in [1.165, 1.54) is 33.4 Å². The van der Waals surface area contributed by atoms with Crippen LogP contribution in [0.25, 0.3) is 17.2 Å². The molecule has 0 unspecified atom stereocenters. The Morgan fingerprint density at radius 3 is 2.26 bits per heavy atom. The van der Waals surface area contributed by atoms with Crippen molar-refractivity contribution in [2.24, 2.45) is 0 Å². The van der Waals surface area contributed by atoms with Crippen molar-refractivity contribution in [1.29, 1.82) is 5.41 Å². The molecule has 0 aliphatic heterocycles. The van der Waals surface area contributed by atoms with Gasteiger partial charge in [0.05, 0.1) is 5.71 Å². The molecule has 3 aliphatic rings. The van der Waals surface area contributed by atoms with Crippen LogP contribution in [-0.4, -0.2) is 5.71 Å². The van der Waals surface area contributed by atoms with Crippen molar-refractivity contribution >= 4 is 11.8 Å². The topological polar surface area (TPSA) is 23.9 Å². The predicted molar refractivity (Wildman–Crippen MR) is 101 cm³/mol. The maximum atomic E-state index is 7.62. The van der Waals surface area contributed by atoms with Gasteiger partial charge in [-0.25, -0.2) is 0 Å². The molecule has 0 saturated carbocycles. The van der Waals surface area contributed by atoms with Crippen molar-refractivity contribution in [1.82, 2.24) is 0 Å². The van der Waals surface area contributed by atoms with Crippen LogP contribution in [0.4, 0.5) is 0 Å². The summed E-state index contributed by atoms with van der Waals surface area (Å²) in [6.45, 7) is 8.86. The molecule has 1 heteroatoms. The van der Waals surface area contributed by atoms with E-state index in [0.29, 0.717) is 11.6 Å². The van der Waals surface area contributed by atoms with Crippen LogP contribution in [0.1, 0.15) is 42.0 Å². The van der Waals surface area contributed by atoms with E-state index in [0.717, 1.165) is 5.57 Å². The molecule has 0 aromatic rings. The monoisotopic (exact) mass is 301 g/mol. The molecule has 116 valence electrons. The van der Waals surface area contributed by atoms with Crippen molar-refractivity contribution in [3.05, 3.63) is 76.4 Å². The van der Waals surface area contributed by atoms with E-state index in [1.54, 1.807) is 0 Å². The molecule has 0 amide bonds. The molecular weight excluding hydrogens is 278 g/mol. The summed E-state index contributed by atoms with van der Waals surface area (Å²) >= 11 is 0. The van der Waals surface area contributed by atoms with Crippen LogP contribution in [0, 0.1) is 19.3 Å². The Bertz CT molecular complexity index is 813. The number of allylic oxidation sites excluding steroid dienone is 5. The summed E-state index contributed by atoms with van der Waals surface area (Å²) in [5.74, 6) is 0.524. The van der Waals surface area contributed by atoms with Crippen LogP contribution in [0.15, 0.2) is 54.1 Å². The first-order chi connectivity index (χ1) is 11.0. The second-order valence-corrected chi connectivity index (χ2v) is 6.65. The molecular formula is C22H23N. The molecule has 0 aromatic carbocycles. The normalized spacial score (nSPS) is 14.1. The van der Waals surface area contributed by atoms with Crippen LogP contribution in [0.2, 0.25) is 0 Å². The number of fused-ring (bicyclic) bond motifs is 1. The summed E-state index contributed by atoms with van der Waals surface area (Å²) in [5.41, 5.74) is 9.65. The van der Waals surface area contributed by atoms with Gasteiger partial charge in [-0.2, -0.15) is 0 Å². The molecule has 0 spiro atoms. The molecule has 0 radical (unpaired) electrons. The third-order valence-electron chi connectivity index (χ3n) is 4.49. The molecule has 0 fully saturated rings. The Labute approximate surface area is 138 Å². The second-order valence-electron chi connectivity index (χ2n) is 6.65. The third kappa shape index (κ3) is 3.05. The smallest absolute Gasteiger partial charge is 0.0540 e. The highest BCUT2D eigenvalue weighted by atomic mass is 14.4. The van der Waals surface area contributed by atoms with Gasteiger partial charge in [0.15, 0.2) is 0 Å². The zero-order valence-electron chi connectivity index (χ0n) is 14.3. The Kier molecular flexibility index (Phi) is 4.04. The standard InChI is InChI=1S/C22H23N/c1-14(2)18-8-5-15(3)22-19(11-16(4)21(22)13-18)12-17-6-9-20(23)10-7-17/h5-14,23H,1-4H3. The average Bonchev–Trinajstić information content (AvgIpc) is 2.69. The first-order valence-corrected chi connectivity index (χ1v) is 8.16. The van der Waals surface area contributed by atoms with Gasteiger partial charge in [-0.3, -0.25) is 0 Å². The van der Waals surface area contributed by atoms with Crippen LogP contribution in [0.5, 0.6) is 0 Å². The van der Waals surface area contributed by atoms with Gasteiger partial charge in [0.1, 0.15) is 0 Å². The van der Waals surface area contributed by atoms with Crippen molar-refractivity contribution < 1.29 is 0 Å². The lowest BCUT2D eigenvalue weighted by molar-refractivity contribution is 0.868. The lowest BCUT2D eigenvalue weighted by Crippen LogP contribution is -1.90. The van der Waals surface area contributed by atoms with E-state index in [9.17, 15) is 0 Å². The largest absolute Gasteiger partial charge is 0.301 e. The maximum Gasteiger partial charge on any atom is 0.0540 e. The van der Waals surface area contributed by atoms with Gasteiger partial charge in [0, 0.05) is 0 Å². The Morgan fingerprint density at radius 2 is 1.61 bits per heavy atom. The highest BCUT2D eigenvalue weighted by Crippen LogP contribution is 2.37. The minimum atomic E-state index is 0.524. The van der Waals surface area contributed by atoms with Gasteiger partial charge in [0.25, 0.3) is 0 Å². The van der Waals surface area contributed by atoms with E-state index in [2.05, 4.69) is 58.0 Å². The summed E-state index contributed by atoms with van der Waals surface area (Å²) in [5, 5.41) is 7.62. The minimum Gasteiger partial charge on any atom is -0.301 e. The van der Waals surface area contributed by atoms with E-state index in [4.69, 9.17) is 5.41 Å². The fraction of sp³-hybridized carbons (Fsp3) is 0.227. The Balaban J connectivity index is 2.15. The number of aryl methyl sites for hydroxylation is 2. The fourth-order valence-corrected chi connectivity index (χ4v) is 3.11. The number of rotatable bonds is 2. The molecule has 0 aromatic heterocycles. The second kappa shape index (κ2) is 6.00. The van der Waals surface area contributed by atoms with Crippen molar-refractivity contribution in [3.8, 4) is 11.1 Å². The predicted octanol–water partition coefficient (Wildman–Crippen LogP) is 6.06. The van der Waals surface area contributed by atoms with Crippen LogP contribution < -0.4 is 0 Å². The molecule has 3 aliphatic carbocycles. The fourth-order valence-electron chi connectivity index (χ4n) is 3.11. The van der Waals surface area contributed by atoms with Crippen LogP contribution in [0.3, 0.4) is 0 Å². The quantitative estimate of drug-likeness (QED) is 0.697. The van der Waals surface area contributed by atoms with Gasteiger partial charge >= 0.3 is 0 Å². The van der Waals surface area contributed by atoms with E-state index in [1.807, 2.05) is 24.3 Å². The SMILES string of the molecule is Cc1cc(C=C2C=CC(=N)C=C2)c2c(C)ccc(C(C)C)cc1-2. The number of hydrogen-bond donors (Lipinski definition) is 1. The molecule has 0 saturated heterocycles. The van der Waals surface area contributed by atoms with E-state index < -0.39 is 0 Å². The highest BCUT2D eigenvalue weighted by molar-refractivity contribution is 6.04. The Morgan fingerprint density at radius 1 is 0.913 bits per heavy atom. The summed E-state index contributed by atoms with van der Waals surface area (Å²) < 4.78 is 0. The maximum absolute atomic E-state index is 7.62. The number of nitrogens with one attached hydrogen (secondary N) is 1. The summed E-state index contributed by atoms with van der Waals surface area (Å²) in [4.78, 5) is 0. The molecule has 1 N–H and O–H groups in total. The van der Waals surface area contributed by atoms with Gasteiger partial charge in [-0.15, -0.1) is 0 Å². The highest BCUT2D eigenvalue weighted by Gasteiger charge is 2.15. The van der Waals surface area contributed by atoms with Crippen molar-refractivity contribution in [2.75, 3.05) is 0 Å². The average molecular weight is 301 g/mol. The van der Waals surface area contributed by atoms with Crippen molar-refractivity contribution in [3.63, 3.8) is 0 Å². The van der Waals surface area contributed by atoms with Crippen LogP contribution in [-0.2, 0) is 0 Å². The van der Waals surface area contributed by atoms with Crippen LogP contribution >= 0.6 is 0 Å². The van der Waals surface area contributed by atoms with Crippen molar-refractivity contribution in [2.45, 2.75) is 33.6 Å². The van der Waals surface area contributed by atoms with Gasteiger partial charge in [0.2, 0.25) is 0 Å². The summed E-state index contributed by atoms with van der Waals surface area (Å²) in [6.07, 6.45) is 9.92. The zero-order valence-corrected chi connectivity index (χ0v) is 14.3. The first-order valence-electron chi connectivity index (χ1n) is 8.16. The number of hydrogen-bond acceptors (Lipinski definition) is 1. The summed E-state index contributed by atoms with van der Waals surface area (Å²) in [6, 6.07) is 9.10. The zero-order chi connectivity index (χ0) is 16.6. The lowest BCUT2D eigenvalue weighted by atomic mass is 9.99. The van der Waals surface area contributed by atoms with E-state index in [-0.39, 0.29) is 0 Å². The third-order valence-corrected chi connectivity index (χ3v) is 4.49. The molecule has 0 bridgehead atoms. The van der Waals surface area contributed by atoms with Gasteiger partial charge < -0.3 is 5.41 Å². The molecule has 1 nitrogen and oxygen atoms in total. The molecule has 3 rings (SSSR count). The lowest BCUT2D eigenvalue weighted by Gasteiger charge is -2.05.